The molecule has 0 fully saturated rings. The molecule has 32 heavy (non-hydrogen) atoms. The number of nitrogens with one attached hydrogen (secondary N) is 1. The van der Waals surface area contributed by atoms with Crippen LogP contribution in [0.1, 0.15) is 37.4 Å². The zero-order valence-electron chi connectivity index (χ0n) is 18.1. The third-order valence-corrected chi connectivity index (χ3v) is 5.67. The first kappa shape index (κ1) is 23.5. The molecular weight excluding hydrogens is 430 g/mol. The highest BCUT2D eigenvalue weighted by Gasteiger charge is 2.38. The molecule has 1 unspecified atom stereocenters. The van der Waals surface area contributed by atoms with Crippen molar-refractivity contribution < 1.29 is 19.1 Å². The van der Waals surface area contributed by atoms with E-state index < -0.39 is 11.9 Å². The second kappa shape index (κ2) is 10.9. The number of halogens is 1. The van der Waals surface area contributed by atoms with E-state index in [9.17, 15) is 14.4 Å². The number of esters is 1. The molecule has 0 saturated carbocycles. The van der Waals surface area contributed by atoms with Crippen molar-refractivity contribution in [3.05, 3.63) is 76.2 Å². The lowest BCUT2D eigenvalue weighted by atomic mass is 9.83. The molecular formula is C24H26ClN3O4. The molecule has 1 aliphatic heterocycles. The Morgan fingerprint density at radius 1 is 1.22 bits per heavy atom. The fraction of sp³-hybridized carbons (Fsp3) is 0.333. The van der Waals surface area contributed by atoms with E-state index in [0.29, 0.717) is 34.8 Å². The number of rotatable bonds is 8. The number of carbonyl (C=O) groups excluding carboxylic acids is 3. The summed E-state index contributed by atoms with van der Waals surface area (Å²) >= 11 is 6.36. The number of ether oxygens (including phenoxy) is 1. The molecule has 1 aliphatic rings. The molecule has 2 aromatic rings. The Morgan fingerprint density at radius 2 is 1.97 bits per heavy atom. The predicted octanol–water partition coefficient (Wildman–Crippen LogP) is 3.25. The molecule has 0 radical (unpaired) electrons. The van der Waals surface area contributed by atoms with Crippen LogP contribution in [0.2, 0.25) is 5.02 Å². The molecule has 1 aromatic heterocycles. The monoisotopic (exact) mass is 455 g/mol. The summed E-state index contributed by atoms with van der Waals surface area (Å²) in [5.74, 6) is -1.60. The summed E-state index contributed by atoms with van der Waals surface area (Å²) in [4.78, 5) is 43.8. The van der Waals surface area contributed by atoms with E-state index in [-0.39, 0.29) is 31.4 Å². The van der Waals surface area contributed by atoms with Crippen molar-refractivity contribution in [1.29, 1.82) is 0 Å². The summed E-state index contributed by atoms with van der Waals surface area (Å²) in [6.07, 6.45) is 2.30. The summed E-state index contributed by atoms with van der Waals surface area (Å²) in [5, 5.41) is 3.28. The van der Waals surface area contributed by atoms with E-state index in [1.54, 1.807) is 38.2 Å². The first-order chi connectivity index (χ1) is 15.4. The maximum absolute atomic E-state index is 13.0. The summed E-state index contributed by atoms with van der Waals surface area (Å²) < 4.78 is 5.26. The van der Waals surface area contributed by atoms with Crippen LogP contribution in [0.25, 0.3) is 0 Å². The number of nitrogens with zero attached hydrogens (tertiary/aromatic N) is 2. The van der Waals surface area contributed by atoms with E-state index in [1.165, 1.54) is 4.90 Å². The summed E-state index contributed by atoms with van der Waals surface area (Å²) in [7, 11) is 0. The molecule has 2 heterocycles. The molecule has 1 atom stereocenters. The zero-order chi connectivity index (χ0) is 23.1. The highest BCUT2D eigenvalue weighted by atomic mass is 35.5. The second-order valence-corrected chi connectivity index (χ2v) is 7.81. The van der Waals surface area contributed by atoms with Crippen LogP contribution in [-0.4, -0.2) is 47.4 Å². The molecule has 1 aromatic carbocycles. The second-order valence-electron chi connectivity index (χ2n) is 7.40. The lowest BCUT2D eigenvalue weighted by Gasteiger charge is -2.34. The molecule has 7 nitrogen and oxygen atoms in total. The summed E-state index contributed by atoms with van der Waals surface area (Å²) in [6, 6.07) is 12.7. The Hall–Kier alpha value is -3.19. The van der Waals surface area contributed by atoms with Gasteiger partial charge in [-0.05, 0) is 37.6 Å². The molecule has 168 valence electrons. The average molecular weight is 456 g/mol. The van der Waals surface area contributed by atoms with Gasteiger partial charge in [0, 0.05) is 47.9 Å². The Balaban J connectivity index is 1.78. The number of allylic oxidation sites excluding steroid dienone is 1. The number of pyridine rings is 1. The quantitative estimate of drug-likeness (QED) is 0.617. The number of hydrogen-bond donors (Lipinski definition) is 1. The number of benzene rings is 1. The predicted molar refractivity (Wildman–Crippen MR) is 121 cm³/mol. The van der Waals surface area contributed by atoms with Crippen LogP contribution in [-0.2, 0) is 25.5 Å². The van der Waals surface area contributed by atoms with E-state index >= 15 is 0 Å². The topological polar surface area (TPSA) is 88.6 Å². The molecule has 3 rings (SSSR count). The number of hydrogen-bond acceptors (Lipinski definition) is 5. The smallest absolute Gasteiger partial charge is 0.336 e. The van der Waals surface area contributed by atoms with Gasteiger partial charge in [0.05, 0.1) is 12.2 Å². The molecule has 0 spiro atoms. The van der Waals surface area contributed by atoms with Gasteiger partial charge in [-0.2, -0.15) is 0 Å². The van der Waals surface area contributed by atoms with Gasteiger partial charge in [-0.1, -0.05) is 35.9 Å². The number of aromatic nitrogens is 1. The van der Waals surface area contributed by atoms with Crippen LogP contribution in [0, 0.1) is 0 Å². The van der Waals surface area contributed by atoms with Crippen LogP contribution in [0.5, 0.6) is 0 Å². The fourth-order valence-corrected chi connectivity index (χ4v) is 4.04. The minimum atomic E-state index is -0.529. The van der Waals surface area contributed by atoms with Crippen molar-refractivity contribution in [2.45, 2.75) is 32.6 Å². The Morgan fingerprint density at radius 3 is 2.66 bits per heavy atom. The van der Waals surface area contributed by atoms with Gasteiger partial charge in [-0.25, -0.2) is 4.79 Å². The van der Waals surface area contributed by atoms with Crippen LogP contribution < -0.4 is 5.32 Å². The molecule has 2 amide bonds. The van der Waals surface area contributed by atoms with Crippen LogP contribution in [0.3, 0.4) is 0 Å². The van der Waals surface area contributed by atoms with Crippen molar-refractivity contribution >= 4 is 29.4 Å². The number of carbonyl (C=O) groups is 3. The Kier molecular flexibility index (Phi) is 8.00. The molecule has 1 N–H and O–H groups in total. The van der Waals surface area contributed by atoms with Gasteiger partial charge >= 0.3 is 5.97 Å². The average Bonchev–Trinajstić information content (AvgIpc) is 2.77. The maximum atomic E-state index is 13.0. The number of amides is 2. The van der Waals surface area contributed by atoms with Gasteiger partial charge in [0.15, 0.2) is 0 Å². The lowest BCUT2D eigenvalue weighted by Crippen LogP contribution is -2.44. The highest BCUT2D eigenvalue weighted by molar-refractivity contribution is 6.31. The van der Waals surface area contributed by atoms with E-state index in [2.05, 4.69) is 10.3 Å². The third-order valence-electron chi connectivity index (χ3n) is 5.33. The van der Waals surface area contributed by atoms with Gasteiger partial charge in [0.2, 0.25) is 11.8 Å². The first-order valence-corrected chi connectivity index (χ1v) is 10.9. The maximum Gasteiger partial charge on any atom is 0.336 e. The standard InChI is InChI=1S/C24H26ClN3O4/c1-3-32-24(31)23-16(2)28(15-21(29)27-13-11-17-8-6-7-12-26-17)22(30)14-19(23)18-9-4-5-10-20(18)25/h4-10,12,19H,3,11,13-15H2,1-2H3,(H,27,29). The van der Waals surface area contributed by atoms with Crippen molar-refractivity contribution in [3.8, 4) is 0 Å². The van der Waals surface area contributed by atoms with Gasteiger partial charge in [-0.15, -0.1) is 0 Å². The zero-order valence-corrected chi connectivity index (χ0v) is 18.9. The summed E-state index contributed by atoms with van der Waals surface area (Å²) in [5.41, 5.74) is 2.31. The fourth-order valence-electron chi connectivity index (χ4n) is 3.78. The highest BCUT2D eigenvalue weighted by Crippen LogP contribution is 2.39. The Bertz CT molecular complexity index is 1020. The molecule has 0 bridgehead atoms. The van der Waals surface area contributed by atoms with Crippen molar-refractivity contribution in [2.75, 3.05) is 19.7 Å². The van der Waals surface area contributed by atoms with Crippen LogP contribution in [0.15, 0.2) is 59.9 Å². The molecule has 0 saturated heterocycles. The van der Waals surface area contributed by atoms with Gasteiger partial charge in [-0.3, -0.25) is 14.6 Å². The summed E-state index contributed by atoms with van der Waals surface area (Å²) in [6.45, 7) is 3.80. The largest absolute Gasteiger partial charge is 0.463 e. The van der Waals surface area contributed by atoms with Crippen LogP contribution in [0.4, 0.5) is 0 Å². The molecule has 8 heteroatoms. The van der Waals surface area contributed by atoms with E-state index in [4.69, 9.17) is 16.3 Å². The van der Waals surface area contributed by atoms with Gasteiger partial charge in [0.1, 0.15) is 6.54 Å². The first-order valence-electron chi connectivity index (χ1n) is 10.5. The normalized spacial score (nSPS) is 16.2. The Labute approximate surface area is 192 Å². The minimum Gasteiger partial charge on any atom is -0.463 e. The third kappa shape index (κ3) is 5.53. The lowest BCUT2D eigenvalue weighted by molar-refractivity contribution is -0.141. The van der Waals surface area contributed by atoms with Crippen LogP contribution >= 0.6 is 11.6 Å². The minimum absolute atomic E-state index is 0.0242. The molecule has 0 aliphatic carbocycles. The van der Waals surface area contributed by atoms with Crippen molar-refractivity contribution in [2.24, 2.45) is 0 Å². The van der Waals surface area contributed by atoms with E-state index in [0.717, 1.165) is 5.69 Å². The van der Waals surface area contributed by atoms with Crippen molar-refractivity contribution in [3.63, 3.8) is 0 Å². The van der Waals surface area contributed by atoms with Crippen molar-refractivity contribution in [1.82, 2.24) is 15.2 Å². The van der Waals surface area contributed by atoms with Gasteiger partial charge in [0.25, 0.3) is 0 Å². The SMILES string of the molecule is CCOC(=O)C1=C(C)N(CC(=O)NCCc2ccccn2)C(=O)CC1c1ccccc1Cl. The van der Waals surface area contributed by atoms with Gasteiger partial charge < -0.3 is 15.0 Å². The van der Waals surface area contributed by atoms with E-state index in [1.807, 2.05) is 24.3 Å².